The maximum Gasteiger partial charge on any atom is 0.234 e. The molecule has 0 saturated heterocycles. The number of carbonyl (C=O) groups is 1. The second-order valence-corrected chi connectivity index (χ2v) is 4.59. The van der Waals surface area contributed by atoms with Gasteiger partial charge in [0.05, 0.1) is 12.6 Å². The number of carbonyl (C=O) groups excluding carboxylic acids is 1. The van der Waals surface area contributed by atoms with Crippen LogP contribution in [0.25, 0.3) is 0 Å². The van der Waals surface area contributed by atoms with Gasteiger partial charge >= 0.3 is 0 Å². The molecule has 1 aromatic rings. The largest absolute Gasteiger partial charge is 0.342 e. The number of nitrogens with one attached hydrogen (secondary N) is 2. The molecule has 0 atom stereocenters. The molecule has 0 saturated carbocycles. The summed E-state index contributed by atoms with van der Waals surface area (Å²) in [6, 6.07) is 3.82. The number of hydrogen-bond acceptors (Lipinski definition) is 4. The number of thiophene rings is 1. The lowest BCUT2D eigenvalue weighted by atomic mass is 10.4. The Balaban J connectivity index is 2.20. The van der Waals surface area contributed by atoms with Crippen molar-refractivity contribution in [2.24, 2.45) is 0 Å². The molecule has 0 spiro atoms. The van der Waals surface area contributed by atoms with Gasteiger partial charge in [-0.25, -0.2) is 0 Å². The summed E-state index contributed by atoms with van der Waals surface area (Å²) in [6.07, 6.45) is 0. The van der Waals surface area contributed by atoms with Crippen molar-refractivity contribution < 1.29 is 4.79 Å². The summed E-state index contributed by atoms with van der Waals surface area (Å²) in [5.74, 6) is -0.163. The van der Waals surface area contributed by atoms with Gasteiger partial charge in [-0.05, 0) is 27.4 Å². The Kier molecular flexibility index (Phi) is 5.32. The molecule has 0 aliphatic heterocycles. The lowest BCUT2D eigenvalue weighted by Gasteiger charge is -2.03. The fourth-order valence-corrected chi connectivity index (χ4v) is 2.40. The summed E-state index contributed by atoms with van der Waals surface area (Å²) < 4.78 is 1.05. The van der Waals surface area contributed by atoms with Crippen LogP contribution in [0.2, 0.25) is 0 Å². The highest BCUT2D eigenvalue weighted by Crippen LogP contribution is 2.21. The van der Waals surface area contributed by atoms with E-state index < -0.39 is 0 Å². The third-order valence-corrected chi connectivity index (χ3v) is 3.55. The van der Waals surface area contributed by atoms with Crippen molar-refractivity contribution in [1.29, 1.82) is 5.26 Å². The van der Waals surface area contributed by atoms with Crippen molar-refractivity contribution in [3.8, 4) is 6.07 Å². The molecule has 0 bridgehead atoms. The average molecular weight is 288 g/mol. The van der Waals surface area contributed by atoms with Gasteiger partial charge in [-0.3, -0.25) is 4.79 Å². The fourth-order valence-electron chi connectivity index (χ4n) is 0.941. The normalized spacial score (nSPS) is 9.60. The molecule has 6 heteroatoms. The Bertz CT molecular complexity index is 372. The first-order chi connectivity index (χ1) is 7.24. The first-order valence-corrected chi connectivity index (χ1v) is 5.97. The minimum atomic E-state index is -0.163. The van der Waals surface area contributed by atoms with Crippen molar-refractivity contribution >= 4 is 33.2 Å². The van der Waals surface area contributed by atoms with E-state index in [1.807, 2.05) is 17.5 Å². The molecule has 15 heavy (non-hydrogen) atoms. The summed E-state index contributed by atoms with van der Waals surface area (Å²) in [6.45, 7) is 0.938. The third kappa shape index (κ3) is 4.42. The number of halogens is 1. The molecular weight excluding hydrogens is 278 g/mol. The lowest BCUT2D eigenvalue weighted by Crippen LogP contribution is -2.33. The molecule has 0 aliphatic rings. The first-order valence-electron chi connectivity index (χ1n) is 4.30. The summed E-state index contributed by atoms with van der Waals surface area (Å²) in [5, 5.41) is 15.7. The molecule has 0 unspecified atom stereocenters. The van der Waals surface area contributed by atoms with Gasteiger partial charge in [-0.1, -0.05) is 0 Å². The SMILES string of the molecule is N#CCNC(=O)CNCc1sccc1Br. The average Bonchev–Trinajstić information content (AvgIpc) is 2.61. The van der Waals surface area contributed by atoms with E-state index >= 15 is 0 Å². The van der Waals surface area contributed by atoms with Crippen molar-refractivity contribution in [1.82, 2.24) is 10.6 Å². The van der Waals surface area contributed by atoms with Gasteiger partial charge in [0, 0.05) is 15.9 Å². The molecule has 0 radical (unpaired) electrons. The molecule has 1 rings (SSSR count). The highest BCUT2D eigenvalue weighted by molar-refractivity contribution is 9.10. The van der Waals surface area contributed by atoms with Crippen LogP contribution >= 0.6 is 27.3 Å². The van der Waals surface area contributed by atoms with Gasteiger partial charge < -0.3 is 10.6 Å². The van der Waals surface area contributed by atoms with E-state index in [-0.39, 0.29) is 19.0 Å². The predicted octanol–water partition coefficient (Wildman–Crippen LogP) is 1.24. The van der Waals surface area contributed by atoms with E-state index in [9.17, 15) is 4.79 Å². The van der Waals surface area contributed by atoms with Crippen molar-refractivity contribution in [2.75, 3.05) is 13.1 Å². The second-order valence-electron chi connectivity index (χ2n) is 2.73. The Morgan fingerprint density at radius 3 is 3.07 bits per heavy atom. The summed E-state index contributed by atoms with van der Waals surface area (Å²) in [5.41, 5.74) is 0. The number of nitrogens with zero attached hydrogens (tertiary/aromatic N) is 1. The Morgan fingerprint density at radius 1 is 1.67 bits per heavy atom. The molecule has 0 fully saturated rings. The number of hydrogen-bond donors (Lipinski definition) is 2. The van der Waals surface area contributed by atoms with E-state index in [4.69, 9.17) is 5.26 Å². The van der Waals surface area contributed by atoms with Crippen molar-refractivity contribution in [2.45, 2.75) is 6.54 Å². The number of rotatable bonds is 5. The van der Waals surface area contributed by atoms with Gasteiger partial charge in [-0.2, -0.15) is 5.26 Å². The molecule has 80 valence electrons. The van der Waals surface area contributed by atoms with Crippen LogP contribution in [0.1, 0.15) is 4.88 Å². The fraction of sp³-hybridized carbons (Fsp3) is 0.333. The number of amides is 1. The standard InChI is InChI=1S/C9H10BrN3OS/c10-7-1-4-15-8(7)5-12-6-9(14)13-3-2-11/h1,4,12H,3,5-6H2,(H,13,14). The first kappa shape index (κ1) is 12.2. The van der Waals surface area contributed by atoms with E-state index in [0.717, 1.165) is 9.35 Å². The van der Waals surface area contributed by atoms with E-state index in [2.05, 4.69) is 26.6 Å². The van der Waals surface area contributed by atoms with Crippen LogP contribution in [0.4, 0.5) is 0 Å². The molecule has 1 aromatic heterocycles. The maximum absolute atomic E-state index is 11.1. The zero-order chi connectivity index (χ0) is 11.1. The predicted molar refractivity (Wildman–Crippen MR) is 62.3 cm³/mol. The van der Waals surface area contributed by atoms with Gasteiger partial charge in [0.25, 0.3) is 0 Å². The molecule has 1 heterocycles. The highest BCUT2D eigenvalue weighted by Gasteiger charge is 2.02. The molecule has 1 amide bonds. The van der Waals surface area contributed by atoms with Gasteiger partial charge in [0.2, 0.25) is 5.91 Å². The van der Waals surface area contributed by atoms with E-state index in [1.165, 1.54) is 0 Å². The van der Waals surface area contributed by atoms with Crippen LogP contribution in [0.15, 0.2) is 15.9 Å². The van der Waals surface area contributed by atoms with Crippen LogP contribution in [-0.4, -0.2) is 19.0 Å². The van der Waals surface area contributed by atoms with Gasteiger partial charge in [0.15, 0.2) is 0 Å². The Morgan fingerprint density at radius 2 is 2.47 bits per heavy atom. The van der Waals surface area contributed by atoms with E-state index in [1.54, 1.807) is 11.3 Å². The van der Waals surface area contributed by atoms with Crippen LogP contribution < -0.4 is 10.6 Å². The maximum atomic E-state index is 11.1. The van der Waals surface area contributed by atoms with Crippen LogP contribution in [0.5, 0.6) is 0 Å². The summed E-state index contributed by atoms with van der Waals surface area (Å²) in [7, 11) is 0. The molecular formula is C9H10BrN3OS. The highest BCUT2D eigenvalue weighted by atomic mass is 79.9. The third-order valence-electron chi connectivity index (χ3n) is 1.63. The van der Waals surface area contributed by atoms with Crippen LogP contribution in [0, 0.1) is 11.3 Å². The molecule has 4 nitrogen and oxygen atoms in total. The van der Waals surface area contributed by atoms with Crippen LogP contribution in [-0.2, 0) is 11.3 Å². The lowest BCUT2D eigenvalue weighted by molar-refractivity contribution is -0.120. The Labute approximate surface area is 100 Å². The monoisotopic (exact) mass is 287 g/mol. The summed E-state index contributed by atoms with van der Waals surface area (Å²) >= 11 is 5.03. The second kappa shape index (κ2) is 6.56. The van der Waals surface area contributed by atoms with Crippen molar-refractivity contribution in [3.63, 3.8) is 0 Å². The van der Waals surface area contributed by atoms with Gasteiger partial charge in [-0.15, -0.1) is 11.3 Å². The smallest absolute Gasteiger partial charge is 0.234 e. The van der Waals surface area contributed by atoms with Crippen molar-refractivity contribution in [3.05, 3.63) is 20.8 Å². The molecule has 0 aliphatic carbocycles. The van der Waals surface area contributed by atoms with Crippen LogP contribution in [0.3, 0.4) is 0 Å². The molecule has 2 N–H and O–H groups in total. The number of nitriles is 1. The van der Waals surface area contributed by atoms with Gasteiger partial charge in [0.1, 0.15) is 6.54 Å². The minimum absolute atomic E-state index is 0.0587. The Hall–Kier alpha value is -0.900. The topological polar surface area (TPSA) is 64.9 Å². The minimum Gasteiger partial charge on any atom is -0.342 e. The van der Waals surface area contributed by atoms with E-state index in [0.29, 0.717) is 6.54 Å². The zero-order valence-corrected chi connectivity index (χ0v) is 10.3. The molecule has 0 aromatic carbocycles. The summed E-state index contributed by atoms with van der Waals surface area (Å²) in [4.78, 5) is 12.2. The quantitative estimate of drug-likeness (QED) is 0.801. The zero-order valence-electron chi connectivity index (χ0n) is 7.92.